The largest absolute Gasteiger partial charge is 1.00 e. The van der Waals surface area contributed by atoms with Crippen LogP contribution in [-0.2, 0) is 0 Å². The monoisotopic (exact) mass is 124 g/mol. The molecule has 0 aromatic rings. The topological polar surface area (TPSA) is 0 Å². The van der Waals surface area contributed by atoms with Gasteiger partial charge in [0.05, 0.1) is 0 Å². The molecule has 0 N–H and O–H groups in total. The van der Waals surface area contributed by atoms with E-state index in [1.54, 1.807) is 0 Å². The van der Waals surface area contributed by atoms with Crippen LogP contribution in [0.5, 0.6) is 0 Å². The van der Waals surface area contributed by atoms with Crippen LogP contribution in [0.25, 0.3) is 0 Å². The third kappa shape index (κ3) is 18.9. The van der Waals surface area contributed by atoms with Crippen molar-refractivity contribution in [2.24, 2.45) is 0 Å². The molecule has 0 bridgehead atoms. The van der Waals surface area contributed by atoms with Crippen LogP contribution in [-0.4, -0.2) is 0 Å². The Morgan fingerprint density at radius 3 is 0.600 bits per heavy atom. The van der Waals surface area contributed by atoms with Crippen molar-refractivity contribution in [1.29, 1.82) is 0 Å². The minimum Gasteiger partial charge on any atom is -1.00 e. The first-order valence-electron chi connectivity index (χ1n) is 0. The predicted molar refractivity (Wildman–Crippen MR) is 20.4 cm³/mol. The zero-order valence-electron chi connectivity index (χ0n) is 6.00. The van der Waals surface area contributed by atoms with Crippen molar-refractivity contribution >= 4 is 0 Å². The van der Waals surface area contributed by atoms with E-state index in [1.165, 1.54) is 0 Å². The van der Waals surface area contributed by atoms with E-state index in [9.17, 15) is 0 Å². The SMILES string of the molecule is [CH3-].[CH3-].[CH3-].[H-].[K+].[K+]. The minimum atomic E-state index is 0. The number of hydrogen-bond acceptors (Lipinski definition) is 0. The molecule has 0 aromatic carbocycles. The van der Waals surface area contributed by atoms with Gasteiger partial charge in [0.2, 0.25) is 0 Å². The van der Waals surface area contributed by atoms with E-state index in [0.29, 0.717) is 0 Å². The van der Waals surface area contributed by atoms with Crippen molar-refractivity contribution in [3.63, 3.8) is 0 Å². The predicted octanol–water partition coefficient (Wildman–Crippen LogP) is -4.53. The van der Waals surface area contributed by atoms with E-state index >= 15 is 0 Å². The van der Waals surface area contributed by atoms with E-state index in [-0.39, 0.29) is 126 Å². The molecule has 0 unspecified atom stereocenters. The Labute approximate surface area is 123 Å². The molecule has 0 heterocycles. The first-order valence-corrected chi connectivity index (χ1v) is 0. The first-order chi connectivity index (χ1) is 0. The van der Waals surface area contributed by atoms with Crippen LogP contribution in [0, 0.1) is 22.3 Å². The average molecular weight is 124 g/mol. The Bertz CT molecular complexity index is 8.75. The van der Waals surface area contributed by atoms with Gasteiger partial charge in [0.1, 0.15) is 0 Å². The second-order valence-electron chi connectivity index (χ2n) is 0. The molecule has 0 radical (unpaired) electrons. The molecule has 0 fully saturated rings. The Hall–Kier alpha value is 3.27. The molecular formula is C3H10K2-2. The zero-order chi connectivity index (χ0) is 0. The molecule has 0 atom stereocenters. The van der Waals surface area contributed by atoms with E-state index in [2.05, 4.69) is 0 Å². The zero-order valence-corrected chi connectivity index (χ0v) is 11.2. The van der Waals surface area contributed by atoms with Gasteiger partial charge in [-0.05, 0) is 0 Å². The van der Waals surface area contributed by atoms with Crippen molar-refractivity contribution < 1.29 is 104 Å². The maximum Gasteiger partial charge on any atom is 1.00 e. The number of rotatable bonds is 0. The van der Waals surface area contributed by atoms with Gasteiger partial charge in [-0.3, -0.25) is 0 Å². The van der Waals surface area contributed by atoms with E-state index in [1.807, 2.05) is 0 Å². The third-order valence-electron chi connectivity index (χ3n) is 0. The fraction of sp³-hybridized carbons (Fsp3) is 0. The molecule has 0 aromatic heterocycles. The van der Waals surface area contributed by atoms with Gasteiger partial charge in [-0.25, -0.2) is 0 Å². The molecule has 0 saturated heterocycles. The molecule has 0 aliphatic carbocycles. The summed E-state index contributed by atoms with van der Waals surface area (Å²) in [6.07, 6.45) is 0. The quantitative estimate of drug-likeness (QED) is 0.225. The molecule has 26 valence electrons. The Kier molecular flexibility index (Phi) is 218. The maximum atomic E-state index is 0. The Morgan fingerprint density at radius 1 is 0.600 bits per heavy atom. The fourth-order valence-electron chi connectivity index (χ4n) is 0. The van der Waals surface area contributed by atoms with Gasteiger partial charge in [0.25, 0.3) is 0 Å². The van der Waals surface area contributed by atoms with Gasteiger partial charge in [-0.15, -0.1) is 0 Å². The maximum absolute atomic E-state index is 0. The van der Waals surface area contributed by atoms with Crippen molar-refractivity contribution in [3.05, 3.63) is 22.3 Å². The summed E-state index contributed by atoms with van der Waals surface area (Å²) in [7, 11) is 0. The average Bonchev–Trinajstić information content (AvgIpc) is 0. The van der Waals surface area contributed by atoms with E-state index in [0.717, 1.165) is 0 Å². The summed E-state index contributed by atoms with van der Waals surface area (Å²) < 4.78 is 0. The molecule has 2 heteroatoms. The van der Waals surface area contributed by atoms with Gasteiger partial charge in [-0.2, -0.15) is 0 Å². The molecule has 0 aliphatic heterocycles. The fourth-order valence-corrected chi connectivity index (χ4v) is 0. The van der Waals surface area contributed by atoms with Crippen molar-refractivity contribution in [2.45, 2.75) is 0 Å². The van der Waals surface area contributed by atoms with Crippen LogP contribution in [0.2, 0.25) is 0 Å². The van der Waals surface area contributed by atoms with Gasteiger partial charge < -0.3 is 23.7 Å². The first kappa shape index (κ1) is 40.9. The molecule has 0 rings (SSSR count). The van der Waals surface area contributed by atoms with Crippen LogP contribution < -0.4 is 103 Å². The van der Waals surface area contributed by atoms with E-state index < -0.39 is 0 Å². The molecular weight excluding hydrogens is 114 g/mol. The molecule has 0 amide bonds. The smallest absolute Gasteiger partial charge is 1.00 e. The summed E-state index contributed by atoms with van der Waals surface area (Å²) in [6, 6.07) is 0. The van der Waals surface area contributed by atoms with Crippen molar-refractivity contribution in [1.82, 2.24) is 0 Å². The number of hydrogen-bond donors (Lipinski definition) is 0. The molecule has 0 saturated carbocycles. The third-order valence-corrected chi connectivity index (χ3v) is 0. The summed E-state index contributed by atoms with van der Waals surface area (Å²) in [5, 5.41) is 0. The van der Waals surface area contributed by atoms with Crippen LogP contribution in [0.4, 0.5) is 0 Å². The summed E-state index contributed by atoms with van der Waals surface area (Å²) in [4.78, 5) is 0. The standard InChI is InChI=1S/3CH3.2K.H/h3*1H3;;;/q3*-1;2*+1;-1. The van der Waals surface area contributed by atoms with Crippen LogP contribution in [0.15, 0.2) is 0 Å². The Balaban J connectivity index is 0. The van der Waals surface area contributed by atoms with Gasteiger partial charge in [-0.1, -0.05) is 0 Å². The summed E-state index contributed by atoms with van der Waals surface area (Å²) >= 11 is 0. The van der Waals surface area contributed by atoms with Crippen LogP contribution >= 0.6 is 0 Å². The van der Waals surface area contributed by atoms with Gasteiger partial charge >= 0.3 is 103 Å². The normalized spacial score (nSPS) is 0. The van der Waals surface area contributed by atoms with Crippen molar-refractivity contribution in [3.8, 4) is 0 Å². The molecule has 0 spiro atoms. The van der Waals surface area contributed by atoms with Crippen LogP contribution in [0.3, 0.4) is 0 Å². The van der Waals surface area contributed by atoms with Crippen LogP contribution in [0.1, 0.15) is 1.43 Å². The molecule has 0 aliphatic rings. The van der Waals surface area contributed by atoms with Gasteiger partial charge in [0, 0.05) is 0 Å². The summed E-state index contributed by atoms with van der Waals surface area (Å²) in [5.74, 6) is 0. The summed E-state index contributed by atoms with van der Waals surface area (Å²) in [5.41, 5.74) is 0. The van der Waals surface area contributed by atoms with E-state index in [4.69, 9.17) is 0 Å². The second-order valence-corrected chi connectivity index (χ2v) is 0. The van der Waals surface area contributed by atoms with Gasteiger partial charge in [0.15, 0.2) is 0 Å². The Morgan fingerprint density at radius 2 is 0.600 bits per heavy atom. The second kappa shape index (κ2) is 26.7. The minimum absolute atomic E-state index is 0. The molecule has 5 heavy (non-hydrogen) atoms. The summed E-state index contributed by atoms with van der Waals surface area (Å²) in [6.45, 7) is 0. The molecule has 0 nitrogen and oxygen atoms in total. The van der Waals surface area contributed by atoms with Crippen molar-refractivity contribution in [2.75, 3.05) is 0 Å².